The van der Waals surface area contributed by atoms with Crippen molar-refractivity contribution in [3.05, 3.63) is 34.6 Å². The summed E-state index contributed by atoms with van der Waals surface area (Å²) in [5, 5.41) is 0. The summed E-state index contributed by atoms with van der Waals surface area (Å²) >= 11 is 0. The van der Waals surface area contributed by atoms with Gasteiger partial charge in [0.1, 0.15) is 0 Å². The van der Waals surface area contributed by atoms with E-state index < -0.39 is 0 Å². The molecule has 1 unspecified atom stereocenters. The maximum absolute atomic E-state index is 14.2. The summed E-state index contributed by atoms with van der Waals surface area (Å²) in [7, 11) is 1.56. The molecular weight excluding hydrogens is 301 g/mol. The van der Waals surface area contributed by atoms with Gasteiger partial charge in [-0.3, -0.25) is 4.90 Å². The molecule has 5 aliphatic rings. The monoisotopic (exact) mass is 327 g/mol. The van der Waals surface area contributed by atoms with Crippen LogP contribution in [0.5, 0.6) is 5.75 Å². The Balaban J connectivity index is 1.59. The lowest BCUT2D eigenvalue weighted by molar-refractivity contribution is -0.0272. The summed E-state index contributed by atoms with van der Waals surface area (Å²) in [4.78, 5) is 2.79. The van der Waals surface area contributed by atoms with Gasteiger partial charge in [-0.1, -0.05) is 18.9 Å². The van der Waals surface area contributed by atoms with Crippen molar-refractivity contribution in [1.82, 2.24) is 4.90 Å². The molecule has 2 saturated heterocycles. The van der Waals surface area contributed by atoms with Crippen molar-refractivity contribution in [2.75, 3.05) is 20.2 Å². The smallest absolute Gasteiger partial charge is 0.165 e. The van der Waals surface area contributed by atoms with Gasteiger partial charge in [-0.25, -0.2) is 4.39 Å². The first-order valence-electron chi connectivity index (χ1n) is 9.52. The number of halogens is 1. The lowest BCUT2D eigenvalue weighted by Gasteiger charge is -2.54. The maximum atomic E-state index is 14.2. The normalized spacial score (nSPS) is 36.4. The fraction of sp³-hybridized carbons (Fsp3) is 0.619. The number of ether oxygens (including phenoxy) is 1. The van der Waals surface area contributed by atoms with Crippen LogP contribution in [0.2, 0.25) is 0 Å². The molecule has 1 saturated carbocycles. The van der Waals surface area contributed by atoms with Crippen LogP contribution in [-0.2, 0) is 6.42 Å². The second-order valence-corrected chi connectivity index (χ2v) is 8.17. The first-order chi connectivity index (χ1) is 11.7. The Kier molecular flexibility index (Phi) is 3.31. The molecule has 5 atom stereocenters. The van der Waals surface area contributed by atoms with Gasteiger partial charge in [0.05, 0.1) is 7.11 Å². The van der Waals surface area contributed by atoms with Gasteiger partial charge in [-0.05, 0) is 72.3 Å². The Morgan fingerprint density at radius 1 is 1.29 bits per heavy atom. The van der Waals surface area contributed by atoms with Gasteiger partial charge in [0.2, 0.25) is 0 Å². The van der Waals surface area contributed by atoms with Gasteiger partial charge in [0.15, 0.2) is 11.6 Å². The molecule has 3 fully saturated rings. The van der Waals surface area contributed by atoms with E-state index in [2.05, 4.69) is 11.8 Å². The summed E-state index contributed by atoms with van der Waals surface area (Å²) < 4.78 is 19.4. The highest BCUT2D eigenvalue weighted by Crippen LogP contribution is 2.53. The topological polar surface area (TPSA) is 12.5 Å². The molecule has 6 rings (SSSR count). The van der Waals surface area contributed by atoms with Crippen molar-refractivity contribution in [3.63, 3.8) is 0 Å². The number of piperidine rings is 2. The summed E-state index contributed by atoms with van der Waals surface area (Å²) in [5.41, 5.74) is 5.59. The zero-order valence-electron chi connectivity index (χ0n) is 14.6. The maximum Gasteiger partial charge on any atom is 0.165 e. The van der Waals surface area contributed by atoms with E-state index in [1.54, 1.807) is 18.7 Å². The first-order valence-corrected chi connectivity index (χ1v) is 9.52. The van der Waals surface area contributed by atoms with Crippen molar-refractivity contribution < 1.29 is 9.13 Å². The van der Waals surface area contributed by atoms with E-state index in [1.165, 1.54) is 49.1 Å². The van der Waals surface area contributed by atoms with E-state index in [0.29, 0.717) is 11.7 Å². The number of nitrogens with zero attached hydrogens (tertiary/aromatic N) is 1. The fourth-order valence-electron chi connectivity index (χ4n) is 6.21. The lowest BCUT2D eigenvalue weighted by atomic mass is 9.64. The molecule has 0 N–H and O–H groups in total. The Hall–Kier alpha value is -1.35. The molecule has 24 heavy (non-hydrogen) atoms. The minimum Gasteiger partial charge on any atom is -0.494 e. The van der Waals surface area contributed by atoms with Gasteiger partial charge in [-0.15, -0.1) is 0 Å². The third-order valence-electron chi connectivity index (χ3n) is 7.13. The van der Waals surface area contributed by atoms with Gasteiger partial charge in [0.25, 0.3) is 0 Å². The van der Waals surface area contributed by atoms with Crippen LogP contribution in [0.25, 0.3) is 5.57 Å². The Morgan fingerprint density at radius 3 is 2.96 bits per heavy atom. The minimum atomic E-state index is -0.216. The Labute approximate surface area is 143 Å². The highest BCUT2D eigenvalue weighted by Gasteiger charge is 2.49. The SMILES string of the molecule is CC[C@H]1C[C@@H]2C[C@H]3C4=C(CCN(C2)[C@@H]13)c1cc(OC)c(F)cc1C4. The number of methoxy groups -OCH3 is 1. The van der Waals surface area contributed by atoms with Crippen molar-refractivity contribution in [2.45, 2.75) is 45.1 Å². The van der Waals surface area contributed by atoms with Crippen LogP contribution < -0.4 is 4.74 Å². The third kappa shape index (κ3) is 1.97. The third-order valence-corrected chi connectivity index (χ3v) is 7.13. The van der Waals surface area contributed by atoms with Gasteiger partial charge in [0, 0.05) is 19.1 Å². The molecule has 0 amide bonds. The molecule has 1 aromatic carbocycles. The van der Waals surface area contributed by atoms with Crippen LogP contribution in [0.4, 0.5) is 4.39 Å². The zero-order valence-corrected chi connectivity index (χ0v) is 14.6. The molecule has 0 aromatic heterocycles. The first kappa shape index (κ1) is 14.9. The molecular formula is C21H26FNO. The van der Waals surface area contributed by atoms with E-state index in [-0.39, 0.29) is 5.82 Å². The Morgan fingerprint density at radius 2 is 2.17 bits per heavy atom. The zero-order chi connectivity index (χ0) is 16.4. The van der Waals surface area contributed by atoms with Gasteiger partial charge < -0.3 is 4.74 Å². The number of fused-ring (bicyclic) bond motifs is 3. The van der Waals surface area contributed by atoms with E-state index in [1.807, 2.05) is 6.07 Å². The van der Waals surface area contributed by atoms with Crippen molar-refractivity contribution in [3.8, 4) is 5.75 Å². The van der Waals surface area contributed by atoms with Crippen LogP contribution in [0.1, 0.15) is 43.7 Å². The van der Waals surface area contributed by atoms with Crippen LogP contribution in [-0.4, -0.2) is 31.1 Å². The Bertz CT molecular complexity index is 725. The van der Waals surface area contributed by atoms with Crippen molar-refractivity contribution >= 4 is 5.57 Å². The molecule has 2 aliphatic carbocycles. The molecule has 3 heteroatoms. The second-order valence-electron chi connectivity index (χ2n) is 8.17. The van der Waals surface area contributed by atoms with Crippen LogP contribution in [0.3, 0.4) is 0 Å². The predicted octanol–water partition coefficient (Wildman–Crippen LogP) is 4.28. The summed E-state index contributed by atoms with van der Waals surface area (Å²) in [6, 6.07) is 4.40. The molecule has 3 aliphatic heterocycles. The number of hydrogen-bond acceptors (Lipinski definition) is 2. The fourth-order valence-corrected chi connectivity index (χ4v) is 6.21. The van der Waals surface area contributed by atoms with Gasteiger partial charge >= 0.3 is 0 Å². The van der Waals surface area contributed by atoms with Crippen LogP contribution in [0, 0.1) is 23.6 Å². The second kappa shape index (κ2) is 5.32. The molecule has 0 spiro atoms. The number of benzene rings is 1. The minimum absolute atomic E-state index is 0.216. The summed E-state index contributed by atoms with van der Waals surface area (Å²) in [5.74, 6) is 2.59. The van der Waals surface area contributed by atoms with E-state index in [0.717, 1.165) is 30.7 Å². The molecule has 2 nitrogen and oxygen atoms in total. The molecule has 0 radical (unpaired) electrons. The number of rotatable bonds is 2. The van der Waals surface area contributed by atoms with Crippen molar-refractivity contribution in [2.24, 2.45) is 17.8 Å². The average molecular weight is 327 g/mol. The average Bonchev–Trinajstić information content (AvgIpc) is 2.90. The highest BCUT2D eigenvalue weighted by molar-refractivity contribution is 5.78. The van der Waals surface area contributed by atoms with E-state index in [9.17, 15) is 4.39 Å². The standard InChI is InChI=1S/C21H26FNO/c1-3-13-6-12-7-18-17-8-14-9-19(22)20(24-2)10-16(14)15(17)4-5-23(11-12)21(13)18/h9-10,12-13,18,21H,3-8,11H2,1-2H3/t12-,13+,18+,21+/m1/s1. The van der Waals surface area contributed by atoms with Crippen LogP contribution in [0.15, 0.2) is 17.7 Å². The summed E-state index contributed by atoms with van der Waals surface area (Å²) in [6.45, 7) is 4.83. The summed E-state index contributed by atoms with van der Waals surface area (Å²) in [6.07, 6.45) is 6.15. The van der Waals surface area contributed by atoms with E-state index >= 15 is 0 Å². The largest absolute Gasteiger partial charge is 0.494 e. The highest BCUT2D eigenvalue weighted by atomic mass is 19.1. The molecule has 1 aromatic rings. The van der Waals surface area contributed by atoms with Crippen molar-refractivity contribution in [1.29, 1.82) is 0 Å². The lowest BCUT2D eigenvalue weighted by Crippen LogP contribution is -2.57. The van der Waals surface area contributed by atoms with Crippen LogP contribution >= 0.6 is 0 Å². The van der Waals surface area contributed by atoms with E-state index in [4.69, 9.17) is 4.74 Å². The predicted molar refractivity (Wildman–Crippen MR) is 93.5 cm³/mol. The molecule has 128 valence electrons. The van der Waals surface area contributed by atoms with Gasteiger partial charge in [-0.2, -0.15) is 0 Å². The quantitative estimate of drug-likeness (QED) is 0.804. The molecule has 3 heterocycles. The molecule has 4 bridgehead atoms. The number of hydrogen-bond donors (Lipinski definition) is 0.